The van der Waals surface area contributed by atoms with Gasteiger partial charge in [-0.25, -0.2) is 14.8 Å². The number of nitrogens with zero attached hydrogens (tertiary/aromatic N) is 2. The Hall–Kier alpha value is -2.91. The van der Waals surface area contributed by atoms with E-state index in [4.69, 9.17) is 14.2 Å². The van der Waals surface area contributed by atoms with Crippen LogP contribution in [0, 0.1) is 0 Å². The van der Waals surface area contributed by atoms with Crippen LogP contribution in [0.1, 0.15) is 6.92 Å². The average molecular weight is 399 g/mol. The van der Waals surface area contributed by atoms with Crippen molar-refractivity contribution in [1.29, 1.82) is 0 Å². The largest absolute Gasteiger partial charge is 0.497 e. The quantitative estimate of drug-likeness (QED) is 0.674. The molecule has 0 saturated carbocycles. The summed E-state index contributed by atoms with van der Waals surface area (Å²) in [6.45, 7) is 3.32. The first kappa shape index (κ1) is 19.4. The molecular formula is C20H25N5O4. The van der Waals surface area contributed by atoms with Crippen molar-refractivity contribution in [3.05, 3.63) is 36.5 Å². The van der Waals surface area contributed by atoms with E-state index < -0.39 is 0 Å². The minimum atomic E-state index is -0.211. The van der Waals surface area contributed by atoms with Gasteiger partial charge in [-0.15, -0.1) is 0 Å². The summed E-state index contributed by atoms with van der Waals surface area (Å²) in [5.74, 6) is 1.31. The van der Waals surface area contributed by atoms with Crippen LogP contribution in [-0.2, 0) is 9.47 Å². The number of nitrogens with one attached hydrogen (secondary N) is 3. The SMILES string of the molecule is CCNC(=O)N[C@@H]1CO[C@@H]2[C@@H]1OC[C@@H]2Nc1nccc(-c2ccc(OC)cc2)n1. The summed E-state index contributed by atoms with van der Waals surface area (Å²) in [5, 5.41) is 8.95. The fourth-order valence-corrected chi connectivity index (χ4v) is 3.64. The Bertz CT molecular complexity index is 847. The number of aromatic nitrogens is 2. The maximum Gasteiger partial charge on any atom is 0.315 e. The number of ether oxygens (including phenoxy) is 3. The van der Waals surface area contributed by atoms with E-state index in [1.165, 1.54) is 0 Å². The van der Waals surface area contributed by atoms with Crippen LogP contribution in [-0.4, -0.2) is 67.2 Å². The predicted octanol–water partition coefficient (Wildman–Crippen LogP) is 1.42. The number of fused-ring (bicyclic) bond motifs is 1. The Morgan fingerprint density at radius 3 is 2.59 bits per heavy atom. The zero-order valence-electron chi connectivity index (χ0n) is 16.4. The molecule has 4 atom stereocenters. The molecule has 29 heavy (non-hydrogen) atoms. The zero-order chi connectivity index (χ0) is 20.2. The Kier molecular flexibility index (Phi) is 5.77. The lowest BCUT2D eigenvalue weighted by atomic mass is 10.1. The molecule has 2 aliphatic rings. The Balaban J connectivity index is 1.41. The van der Waals surface area contributed by atoms with Crippen LogP contribution < -0.4 is 20.7 Å². The monoisotopic (exact) mass is 399 g/mol. The number of rotatable bonds is 6. The summed E-state index contributed by atoms with van der Waals surface area (Å²) in [4.78, 5) is 20.7. The Labute approximate surface area is 169 Å². The number of carbonyl (C=O) groups is 1. The molecule has 2 saturated heterocycles. The highest BCUT2D eigenvalue weighted by atomic mass is 16.6. The third-order valence-corrected chi connectivity index (χ3v) is 5.06. The minimum Gasteiger partial charge on any atom is -0.497 e. The number of benzene rings is 1. The average Bonchev–Trinajstić information content (AvgIpc) is 3.32. The summed E-state index contributed by atoms with van der Waals surface area (Å²) < 4.78 is 17.0. The molecule has 0 unspecified atom stereocenters. The van der Waals surface area contributed by atoms with Gasteiger partial charge in [-0.05, 0) is 37.3 Å². The van der Waals surface area contributed by atoms with Gasteiger partial charge in [0.15, 0.2) is 0 Å². The zero-order valence-corrected chi connectivity index (χ0v) is 16.4. The molecule has 0 aliphatic carbocycles. The van der Waals surface area contributed by atoms with Crippen LogP contribution in [0.4, 0.5) is 10.7 Å². The molecule has 0 radical (unpaired) electrons. The summed E-state index contributed by atoms with van der Waals surface area (Å²) in [6, 6.07) is 9.09. The van der Waals surface area contributed by atoms with Crippen molar-refractivity contribution in [1.82, 2.24) is 20.6 Å². The molecule has 2 amide bonds. The molecule has 2 aromatic rings. The highest BCUT2D eigenvalue weighted by Gasteiger charge is 2.48. The molecule has 1 aromatic carbocycles. The van der Waals surface area contributed by atoms with Crippen LogP contribution in [0.15, 0.2) is 36.5 Å². The summed E-state index contributed by atoms with van der Waals surface area (Å²) in [7, 11) is 1.64. The Morgan fingerprint density at radius 1 is 1.14 bits per heavy atom. The van der Waals surface area contributed by atoms with E-state index >= 15 is 0 Å². The number of hydrogen-bond acceptors (Lipinski definition) is 7. The van der Waals surface area contributed by atoms with Crippen LogP contribution >= 0.6 is 0 Å². The fraction of sp³-hybridized carbons (Fsp3) is 0.450. The van der Waals surface area contributed by atoms with Crippen molar-refractivity contribution >= 4 is 12.0 Å². The normalized spacial score (nSPS) is 25.3. The van der Waals surface area contributed by atoms with Crippen molar-refractivity contribution in [3.63, 3.8) is 0 Å². The summed E-state index contributed by atoms with van der Waals surface area (Å²) in [6.07, 6.45) is 1.35. The number of amides is 2. The van der Waals surface area contributed by atoms with Gasteiger partial charge in [-0.1, -0.05) is 0 Å². The second-order valence-corrected chi connectivity index (χ2v) is 6.95. The minimum absolute atomic E-state index is 0.0906. The van der Waals surface area contributed by atoms with Gasteiger partial charge in [0.05, 0.1) is 38.1 Å². The van der Waals surface area contributed by atoms with Gasteiger partial charge in [-0.2, -0.15) is 0 Å². The predicted molar refractivity (Wildman–Crippen MR) is 107 cm³/mol. The molecule has 2 aliphatic heterocycles. The highest BCUT2D eigenvalue weighted by molar-refractivity contribution is 5.74. The third-order valence-electron chi connectivity index (χ3n) is 5.06. The number of hydrogen-bond donors (Lipinski definition) is 3. The first-order valence-corrected chi connectivity index (χ1v) is 9.69. The second kappa shape index (κ2) is 8.62. The molecule has 2 fully saturated rings. The van der Waals surface area contributed by atoms with Crippen molar-refractivity contribution in [2.75, 3.05) is 32.2 Å². The molecule has 4 rings (SSSR count). The van der Waals surface area contributed by atoms with Crippen LogP contribution in [0.3, 0.4) is 0 Å². The Morgan fingerprint density at radius 2 is 1.86 bits per heavy atom. The highest BCUT2D eigenvalue weighted by Crippen LogP contribution is 2.29. The van der Waals surface area contributed by atoms with E-state index in [9.17, 15) is 4.79 Å². The molecule has 0 bridgehead atoms. The van der Waals surface area contributed by atoms with Crippen LogP contribution in [0.25, 0.3) is 11.3 Å². The molecule has 9 nitrogen and oxygen atoms in total. The van der Waals surface area contributed by atoms with Crippen molar-refractivity contribution in [3.8, 4) is 17.0 Å². The molecule has 1 aromatic heterocycles. The van der Waals surface area contributed by atoms with Crippen LogP contribution in [0.5, 0.6) is 5.75 Å². The van der Waals surface area contributed by atoms with Gasteiger partial charge in [-0.3, -0.25) is 0 Å². The van der Waals surface area contributed by atoms with Crippen LogP contribution in [0.2, 0.25) is 0 Å². The fourth-order valence-electron chi connectivity index (χ4n) is 3.64. The lowest BCUT2D eigenvalue weighted by Crippen LogP contribution is -2.48. The summed E-state index contributed by atoms with van der Waals surface area (Å²) in [5.41, 5.74) is 1.78. The van der Waals surface area contributed by atoms with Crippen molar-refractivity contribution < 1.29 is 19.0 Å². The van der Waals surface area contributed by atoms with Gasteiger partial charge in [0, 0.05) is 18.3 Å². The van der Waals surface area contributed by atoms with Gasteiger partial charge < -0.3 is 30.2 Å². The molecular weight excluding hydrogens is 374 g/mol. The van der Waals surface area contributed by atoms with Crippen molar-refractivity contribution in [2.45, 2.75) is 31.2 Å². The first-order valence-electron chi connectivity index (χ1n) is 9.69. The lowest BCUT2D eigenvalue weighted by molar-refractivity contribution is 0.0682. The first-order chi connectivity index (χ1) is 14.2. The van der Waals surface area contributed by atoms with E-state index in [1.54, 1.807) is 13.3 Å². The van der Waals surface area contributed by atoms with E-state index in [-0.39, 0.29) is 30.3 Å². The molecule has 3 heterocycles. The standard InChI is InChI=1S/C20H25N5O4/c1-3-21-20(26)25-16-11-29-17-15(10-28-18(16)17)24-19-22-9-8-14(23-19)12-4-6-13(27-2)7-5-12/h4-9,15-18H,3,10-11H2,1-2H3,(H2,21,25,26)(H,22,23,24)/t15-,16+,17-,18+/m0/s1. The maximum atomic E-state index is 11.8. The van der Waals surface area contributed by atoms with Crippen molar-refractivity contribution in [2.24, 2.45) is 0 Å². The van der Waals surface area contributed by atoms with E-state index in [0.717, 1.165) is 17.0 Å². The molecule has 3 N–H and O–H groups in total. The number of anilines is 1. The maximum absolute atomic E-state index is 11.8. The third kappa shape index (κ3) is 4.25. The van der Waals surface area contributed by atoms with E-state index in [2.05, 4.69) is 25.9 Å². The van der Waals surface area contributed by atoms with Gasteiger partial charge >= 0.3 is 6.03 Å². The summed E-state index contributed by atoms with van der Waals surface area (Å²) >= 11 is 0. The smallest absolute Gasteiger partial charge is 0.315 e. The second-order valence-electron chi connectivity index (χ2n) is 6.95. The molecule has 0 spiro atoms. The van der Waals surface area contributed by atoms with Gasteiger partial charge in [0.1, 0.15) is 18.0 Å². The molecule has 9 heteroatoms. The van der Waals surface area contributed by atoms with Gasteiger partial charge in [0.2, 0.25) is 5.95 Å². The lowest BCUT2D eigenvalue weighted by Gasteiger charge is -2.18. The van der Waals surface area contributed by atoms with E-state index in [1.807, 2.05) is 37.3 Å². The number of carbonyl (C=O) groups excluding carboxylic acids is 1. The number of methoxy groups -OCH3 is 1. The van der Waals surface area contributed by atoms with E-state index in [0.29, 0.717) is 25.7 Å². The van der Waals surface area contributed by atoms with Gasteiger partial charge in [0.25, 0.3) is 0 Å². The number of urea groups is 1. The molecule has 154 valence electrons. The topological polar surface area (TPSA) is 107 Å².